The number of nitrogens with one attached hydrogen (secondary N) is 2. The molecule has 3 aromatic carbocycles. The molecule has 310 valence electrons. The van der Waals surface area contributed by atoms with Crippen LogP contribution in [-0.4, -0.2) is 102 Å². The molecule has 0 radical (unpaired) electrons. The Bertz CT molecular complexity index is 2400. The van der Waals surface area contributed by atoms with Gasteiger partial charge in [-0.1, -0.05) is 27.7 Å². The van der Waals surface area contributed by atoms with Gasteiger partial charge in [-0.25, -0.2) is 0 Å². The molecule has 4 aliphatic rings. The molecular weight excluding hydrogens is 763 g/mol. The molecule has 1 saturated carbocycles. The Morgan fingerprint density at radius 2 is 1.65 bits per heavy atom. The molecule has 4 heterocycles. The number of aromatic nitrogens is 1. The minimum absolute atomic E-state index is 0.0841. The van der Waals surface area contributed by atoms with E-state index in [2.05, 4.69) is 59.2 Å². The van der Waals surface area contributed by atoms with Crippen molar-refractivity contribution in [2.45, 2.75) is 71.6 Å². The molecule has 1 aromatic heterocycles. The monoisotopic (exact) mass is 811 g/mol. The molecule has 1 unspecified atom stereocenters. The lowest BCUT2D eigenvalue weighted by Crippen LogP contribution is -2.74. The second-order valence-corrected chi connectivity index (χ2v) is 17.3. The van der Waals surface area contributed by atoms with Crippen molar-refractivity contribution < 1.29 is 33.4 Å². The van der Waals surface area contributed by atoms with Crippen LogP contribution in [0.5, 0.6) is 11.5 Å². The van der Waals surface area contributed by atoms with Crippen LogP contribution in [0.1, 0.15) is 90.0 Å². The maximum Gasteiger partial charge on any atom is 0.262 e. The van der Waals surface area contributed by atoms with Gasteiger partial charge in [0.1, 0.15) is 29.7 Å². The molecule has 5 amide bonds. The summed E-state index contributed by atoms with van der Waals surface area (Å²) >= 11 is 0. The summed E-state index contributed by atoms with van der Waals surface area (Å²) in [6.45, 7) is 13.1. The van der Waals surface area contributed by atoms with E-state index in [9.17, 15) is 29.2 Å². The Balaban J connectivity index is 0.763. The lowest BCUT2D eigenvalue weighted by Gasteiger charge is -2.63. The SMILES string of the molecule is CC1(C)C(NC(=O)c2ccc(OCCCCN3CCN(c4ccc5c(c4)C(=O)N(C4CCC(=O)NC4=O)C5=O)CC3)cc2)C(C)(C)C1Oc1ccc(C#N)c2ncccc12. The molecule has 60 heavy (non-hydrogen) atoms. The number of anilines is 1. The highest BCUT2D eigenvalue weighted by Crippen LogP contribution is 2.56. The molecule has 3 fully saturated rings. The van der Waals surface area contributed by atoms with Crippen LogP contribution in [0.2, 0.25) is 0 Å². The third kappa shape index (κ3) is 7.42. The average Bonchev–Trinajstić information content (AvgIpc) is 3.49. The number of nitriles is 1. The second-order valence-electron chi connectivity index (χ2n) is 17.3. The molecular formula is C46H49N7O7. The molecule has 8 rings (SSSR count). The number of piperazine rings is 1. The zero-order chi connectivity index (χ0) is 42.3. The molecule has 0 bridgehead atoms. The predicted octanol–water partition coefficient (Wildman–Crippen LogP) is 5.10. The van der Waals surface area contributed by atoms with Gasteiger partial charge in [-0.2, -0.15) is 5.26 Å². The van der Waals surface area contributed by atoms with Crippen LogP contribution in [-0.2, 0) is 9.59 Å². The Labute approximate surface area is 348 Å². The van der Waals surface area contributed by atoms with Gasteiger partial charge < -0.3 is 19.7 Å². The number of nitrogens with zero attached hydrogens (tertiary/aromatic N) is 5. The quantitative estimate of drug-likeness (QED) is 0.144. The standard InChI is InChI=1S/C46H49N7O7/c1-45(2)43(46(3,4)44(45)60-36-17-11-29(27-47)38-33(36)8-7-19-48-38)50-39(55)28-9-13-31(14-10-28)59-25-6-5-20-51-21-23-52(24-22-51)30-12-15-32-34(26-30)42(58)53(41(32)57)35-16-18-37(54)49-40(35)56/h7-15,17,19,26,35,43-44H,5-6,16,18,20-25H2,1-4H3,(H,50,55)(H,49,54,56). The lowest BCUT2D eigenvalue weighted by molar-refractivity contribution is -0.163. The van der Waals surface area contributed by atoms with Crippen LogP contribution in [0.25, 0.3) is 10.9 Å². The number of unbranched alkanes of at least 4 members (excludes halogenated alkanes) is 1. The number of hydrogen-bond donors (Lipinski definition) is 2. The molecule has 4 aromatic rings. The maximum atomic E-state index is 13.5. The Morgan fingerprint density at radius 1 is 0.917 bits per heavy atom. The summed E-state index contributed by atoms with van der Waals surface area (Å²) in [6, 6.07) is 20.9. The summed E-state index contributed by atoms with van der Waals surface area (Å²) in [6.07, 6.45) is 3.51. The molecule has 2 saturated heterocycles. The number of amides is 5. The molecule has 14 nitrogen and oxygen atoms in total. The van der Waals surface area contributed by atoms with E-state index in [1.165, 1.54) is 0 Å². The van der Waals surface area contributed by atoms with Crippen molar-refractivity contribution in [3.05, 3.63) is 95.2 Å². The number of ether oxygens (including phenoxy) is 2. The summed E-state index contributed by atoms with van der Waals surface area (Å²) in [5.74, 6) is -0.802. The molecule has 2 N–H and O–H groups in total. The van der Waals surface area contributed by atoms with Crippen molar-refractivity contribution >= 4 is 46.1 Å². The number of fused-ring (bicyclic) bond motifs is 2. The fraction of sp³-hybridized carbons (Fsp3) is 0.413. The zero-order valence-electron chi connectivity index (χ0n) is 34.3. The van der Waals surface area contributed by atoms with E-state index >= 15 is 0 Å². The normalized spacial score (nSPS) is 22.1. The number of rotatable bonds is 12. The maximum absolute atomic E-state index is 13.5. The Kier molecular flexibility index (Phi) is 10.8. The van der Waals surface area contributed by atoms with E-state index in [0.717, 1.165) is 61.5 Å². The van der Waals surface area contributed by atoms with Gasteiger partial charge in [-0.05, 0) is 92.5 Å². The predicted molar refractivity (Wildman–Crippen MR) is 223 cm³/mol. The summed E-state index contributed by atoms with van der Waals surface area (Å²) in [5.41, 5.74) is 2.33. The molecule has 0 spiro atoms. The highest BCUT2D eigenvalue weighted by molar-refractivity contribution is 6.23. The average molecular weight is 812 g/mol. The van der Waals surface area contributed by atoms with Crippen molar-refractivity contribution in [1.29, 1.82) is 5.26 Å². The van der Waals surface area contributed by atoms with Crippen LogP contribution >= 0.6 is 0 Å². The van der Waals surface area contributed by atoms with Gasteiger partial charge in [-0.15, -0.1) is 0 Å². The smallest absolute Gasteiger partial charge is 0.262 e. The van der Waals surface area contributed by atoms with E-state index in [1.807, 2.05) is 36.4 Å². The lowest BCUT2D eigenvalue weighted by atomic mass is 9.49. The highest BCUT2D eigenvalue weighted by atomic mass is 16.5. The van der Waals surface area contributed by atoms with Crippen molar-refractivity contribution in [2.75, 3.05) is 44.2 Å². The summed E-state index contributed by atoms with van der Waals surface area (Å²) in [5, 5.41) is 15.8. The number of hydrogen-bond acceptors (Lipinski definition) is 11. The number of carbonyl (C=O) groups is 5. The molecule has 3 aliphatic heterocycles. The van der Waals surface area contributed by atoms with Gasteiger partial charge in [0, 0.05) is 72.3 Å². The first kappa shape index (κ1) is 40.4. The summed E-state index contributed by atoms with van der Waals surface area (Å²) in [7, 11) is 0. The third-order valence-corrected chi connectivity index (χ3v) is 12.6. The van der Waals surface area contributed by atoms with E-state index in [1.54, 1.807) is 36.5 Å². The van der Waals surface area contributed by atoms with Crippen molar-refractivity contribution in [3.8, 4) is 17.6 Å². The van der Waals surface area contributed by atoms with Crippen molar-refractivity contribution in [3.63, 3.8) is 0 Å². The number of piperidine rings is 1. The first-order valence-electron chi connectivity index (χ1n) is 20.6. The highest BCUT2D eigenvalue weighted by Gasteiger charge is 2.64. The molecule has 14 heteroatoms. The fourth-order valence-corrected chi connectivity index (χ4v) is 9.70. The third-order valence-electron chi connectivity index (χ3n) is 12.6. The zero-order valence-corrected chi connectivity index (χ0v) is 34.3. The van der Waals surface area contributed by atoms with Crippen LogP contribution < -0.4 is 25.0 Å². The fourth-order valence-electron chi connectivity index (χ4n) is 9.70. The van der Waals surface area contributed by atoms with Gasteiger partial charge in [0.05, 0.1) is 28.8 Å². The second kappa shape index (κ2) is 16.0. The van der Waals surface area contributed by atoms with Crippen molar-refractivity contribution in [2.24, 2.45) is 10.8 Å². The van der Waals surface area contributed by atoms with E-state index in [0.29, 0.717) is 40.3 Å². The van der Waals surface area contributed by atoms with Crippen LogP contribution in [0, 0.1) is 22.2 Å². The van der Waals surface area contributed by atoms with E-state index in [-0.39, 0.29) is 47.3 Å². The van der Waals surface area contributed by atoms with Crippen LogP contribution in [0.4, 0.5) is 5.69 Å². The minimum atomic E-state index is -0.982. The molecule has 1 atom stereocenters. The Hall–Kier alpha value is -6.33. The van der Waals surface area contributed by atoms with Gasteiger partial charge in [0.15, 0.2) is 0 Å². The molecule has 1 aliphatic carbocycles. The van der Waals surface area contributed by atoms with E-state index < -0.39 is 29.7 Å². The van der Waals surface area contributed by atoms with Gasteiger partial charge in [0.2, 0.25) is 11.8 Å². The number of pyridine rings is 1. The number of benzene rings is 3. The number of carbonyl (C=O) groups excluding carboxylic acids is 5. The van der Waals surface area contributed by atoms with Crippen molar-refractivity contribution in [1.82, 2.24) is 25.4 Å². The van der Waals surface area contributed by atoms with Gasteiger partial charge in [0.25, 0.3) is 17.7 Å². The largest absolute Gasteiger partial charge is 0.494 e. The summed E-state index contributed by atoms with van der Waals surface area (Å²) < 4.78 is 12.6. The number of imide groups is 2. The first-order chi connectivity index (χ1) is 28.8. The Morgan fingerprint density at radius 3 is 2.37 bits per heavy atom. The topological polar surface area (TPSA) is 174 Å². The summed E-state index contributed by atoms with van der Waals surface area (Å²) in [4.78, 5) is 73.8. The van der Waals surface area contributed by atoms with Crippen LogP contribution in [0.3, 0.4) is 0 Å². The first-order valence-corrected chi connectivity index (χ1v) is 20.6. The minimum Gasteiger partial charge on any atom is -0.494 e. The van der Waals surface area contributed by atoms with Gasteiger partial charge >= 0.3 is 0 Å². The van der Waals surface area contributed by atoms with Gasteiger partial charge in [-0.3, -0.25) is 44.1 Å². The van der Waals surface area contributed by atoms with E-state index in [4.69, 9.17) is 9.47 Å². The van der Waals surface area contributed by atoms with Crippen LogP contribution in [0.15, 0.2) is 72.9 Å².